The molecular weight excluding hydrogens is 326 g/mol. The number of pyridine rings is 1. The van der Waals surface area contributed by atoms with Crippen LogP contribution >= 0.6 is 0 Å². The number of nitrogens with one attached hydrogen (secondary N) is 1. The van der Waals surface area contributed by atoms with E-state index in [9.17, 15) is 9.59 Å². The van der Waals surface area contributed by atoms with Gasteiger partial charge in [0.15, 0.2) is 0 Å². The monoisotopic (exact) mass is 351 g/mol. The Morgan fingerprint density at radius 2 is 1.85 bits per heavy atom. The number of aryl methyl sites for hydroxylation is 1. The van der Waals surface area contributed by atoms with Crippen LogP contribution in [0.4, 0.5) is 5.69 Å². The van der Waals surface area contributed by atoms with Crippen LogP contribution < -0.4 is 5.32 Å². The molecule has 5 nitrogen and oxygen atoms in total. The van der Waals surface area contributed by atoms with E-state index in [1.165, 1.54) is 0 Å². The Balaban J connectivity index is 1.84. The minimum Gasteiger partial charge on any atom is -0.324 e. The summed E-state index contributed by atoms with van der Waals surface area (Å²) in [4.78, 5) is 31.5. The molecule has 5 heteroatoms. The van der Waals surface area contributed by atoms with Gasteiger partial charge in [-0.3, -0.25) is 14.6 Å². The number of piperidine rings is 1. The van der Waals surface area contributed by atoms with Crippen molar-refractivity contribution < 1.29 is 9.59 Å². The molecule has 0 bridgehead atoms. The molecule has 2 heterocycles. The van der Waals surface area contributed by atoms with Crippen molar-refractivity contribution >= 4 is 17.5 Å². The smallest absolute Gasteiger partial charge is 0.313 e. The highest BCUT2D eigenvalue weighted by atomic mass is 16.2. The summed E-state index contributed by atoms with van der Waals surface area (Å²) in [6.07, 6.45) is 5.15. The third kappa shape index (κ3) is 3.77. The summed E-state index contributed by atoms with van der Waals surface area (Å²) < 4.78 is 0. The second kappa shape index (κ2) is 7.68. The Morgan fingerprint density at radius 3 is 2.54 bits per heavy atom. The first-order chi connectivity index (χ1) is 12.5. The number of likely N-dealkylation sites (tertiary alicyclic amines) is 1. The lowest BCUT2D eigenvalue weighted by molar-refractivity contribution is -0.149. The second-order valence-electron chi connectivity index (χ2n) is 7.14. The highest BCUT2D eigenvalue weighted by Gasteiger charge is 2.38. The summed E-state index contributed by atoms with van der Waals surface area (Å²) >= 11 is 0. The lowest BCUT2D eigenvalue weighted by atomic mass is 9.84. The van der Waals surface area contributed by atoms with Crippen LogP contribution in [-0.2, 0) is 9.59 Å². The molecule has 0 aliphatic carbocycles. The van der Waals surface area contributed by atoms with Crippen LogP contribution in [0.2, 0.25) is 0 Å². The molecule has 2 aromatic rings. The highest BCUT2D eigenvalue weighted by Crippen LogP contribution is 2.37. The van der Waals surface area contributed by atoms with Gasteiger partial charge in [-0.05, 0) is 49.8 Å². The van der Waals surface area contributed by atoms with Gasteiger partial charge in [0.1, 0.15) is 0 Å². The van der Waals surface area contributed by atoms with E-state index in [4.69, 9.17) is 0 Å². The zero-order valence-electron chi connectivity index (χ0n) is 15.5. The summed E-state index contributed by atoms with van der Waals surface area (Å²) in [6, 6.07) is 11.7. The van der Waals surface area contributed by atoms with Gasteiger partial charge in [-0.15, -0.1) is 0 Å². The lowest BCUT2D eigenvalue weighted by Crippen LogP contribution is -2.51. The summed E-state index contributed by atoms with van der Waals surface area (Å²) in [7, 11) is 0. The number of aromatic nitrogens is 1. The predicted molar refractivity (Wildman–Crippen MR) is 101 cm³/mol. The Hall–Kier alpha value is -2.69. The van der Waals surface area contributed by atoms with E-state index >= 15 is 0 Å². The van der Waals surface area contributed by atoms with Crippen LogP contribution in [0.15, 0.2) is 48.8 Å². The Kier molecular flexibility index (Phi) is 5.35. The number of nitrogens with zero attached hydrogens (tertiary/aromatic N) is 2. The van der Waals surface area contributed by atoms with Crippen LogP contribution in [0.3, 0.4) is 0 Å². The van der Waals surface area contributed by atoms with Gasteiger partial charge in [0, 0.05) is 12.2 Å². The quantitative estimate of drug-likeness (QED) is 0.839. The average Bonchev–Trinajstić information content (AvgIpc) is 2.64. The van der Waals surface area contributed by atoms with Crippen molar-refractivity contribution in [2.45, 2.75) is 45.7 Å². The molecule has 0 spiro atoms. The molecule has 2 amide bonds. The third-order valence-electron chi connectivity index (χ3n) is 5.24. The molecule has 0 saturated carbocycles. The number of carbonyl (C=O) groups excluding carboxylic acids is 2. The number of hydrogen-bond donors (Lipinski definition) is 1. The van der Waals surface area contributed by atoms with Crippen molar-refractivity contribution in [3.63, 3.8) is 0 Å². The first-order valence-electron chi connectivity index (χ1n) is 9.07. The molecular formula is C21H25N3O2. The fraction of sp³-hybridized carbons (Fsp3) is 0.381. The fourth-order valence-electron chi connectivity index (χ4n) is 3.61. The van der Waals surface area contributed by atoms with Gasteiger partial charge in [-0.2, -0.15) is 0 Å². The molecule has 1 aromatic heterocycles. The molecule has 0 radical (unpaired) electrons. The zero-order chi connectivity index (χ0) is 18.7. The van der Waals surface area contributed by atoms with Crippen molar-refractivity contribution in [3.8, 4) is 0 Å². The number of amides is 2. The van der Waals surface area contributed by atoms with Gasteiger partial charge in [0.25, 0.3) is 0 Å². The van der Waals surface area contributed by atoms with Gasteiger partial charge in [-0.1, -0.05) is 37.3 Å². The second-order valence-corrected chi connectivity index (χ2v) is 7.14. The number of anilines is 1. The minimum atomic E-state index is -0.612. The van der Waals surface area contributed by atoms with E-state index in [2.05, 4.69) is 17.2 Å². The summed E-state index contributed by atoms with van der Waals surface area (Å²) in [5.41, 5.74) is 2.54. The normalized spacial score (nSPS) is 22.7. The van der Waals surface area contributed by atoms with Gasteiger partial charge >= 0.3 is 11.8 Å². The standard InChI is InChI=1S/C21H25N3O2/c1-14-11-18(13-22-12-14)23-20(25)21(26)24-16(3)15(2)9-10-19(24)17-7-5-4-6-8-17/h4-8,11-13,15-16,19H,9-10H2,1-3H3,(H,23,25)/t15-,16?,19+/m0/s1. The molecule has 1 fully saturated rings. The number of carbonyl (C=O) groups is 2. The summed E-state index contributed by atoms with van der Waals surface area (Å²) in [5.74, 6) is -0.744. The van der Waals surface area contributed by atoms with E-state index in [0.29, 0.717) is 11.6 Å². The fourth-order valence-corrected chi connectivity index (χ4v) is 3.61. The van der Waals surface area contributed by atoms with Crippen molar-refractivity contribution in [2.75, 3.05) is 5.32 Å². The number of hydrogen-bond acceptors (Lipinski definition) is 3. The average molecular weight is 351 g/mol. The van der Waals surface area contributed by atoms with Crippen molar-refractivity contribution in [1.29, 1.82) is 0 Å². The van der Waals surface area contributed by atoms with E-state index in [1.807, 2.05) is 44.2 Å². The van der Waals surface area contributed by atoms with Gasteiger partial charge in [0.05, 0.1) is 17.9 Å². The Morgan fingerprint density at radius 1 is 1.12 bits per heavy atom. The maximum Gasteiger partial charge on any atom is 0.313 e. The molecule has 3 atom stereocenters. The van der Waals surface area contributed by atoms with Crippen molar-refractivity contribution in [3.05, 3.63) is 59.9 Å². The molecule has 1 unspecified atom stereocenters. The van der Waals surface area contributed by atoms with Gasteiger partial charge in [-0.25, -0.2) is 0 Å². The lowest BCUT2D eigenvalue weighted by Gasteiger charge is -2.44. The first kappa shape index (κ1) is 18.1. The number of rotatable bonds is 2. The molecule has 1 aliphatic rings. The van der Waals surface area contributed by atoms with Crippen LogP contribution in [0.25, 0.3) is 0 Å². The van der Waals surface area contributed by atoms with Crippen molar-refractivity contribution in [1.82, 2.24) is 9.88 Å². The Labute approximate surface area is 154 Å². The first-order valence-corrected chi connectivity index (χ1v) is 9.07. The maximum atomic E-state index is 13.0. The third-order valence-corrected chi connectivity index (χ3v) is 5.24. The maximum absolute atomic E-state index is 13.0. The molecule has 136 valence electrons. The van der Waals surface area contributed by atoms with E-state index in [-0.39, 0.29) is 12.1 Å². The molecule has 1 saturated heterocycles. The largest absolute Gasteiger partial charge is 0.324 e. The highest BCUT2D eigenvalue weighted by molar-refractivity contribution is 6.39. The van der Waals surface area contributed by atoms with Crippen LogP contribution in [0, 0.1) is 12.8 Å². The number of benzene rings is 1. The van der Waals surface area contributed by atoms with E-state index < -0.39 is 11.8 Å². The molecule has 26 heavy (non-hydrogen) atoms. The predicted octanol–water partition coefficient (Wildman–Crippen LogP) is 3.72. The summed E-state index contributed by atoms with van der Waals surface area (Å²) in [5, 5.41) is 2.69. The minimum absolute atomic E-state index is 0.00263. The van der Waals surface area contributed by atoms with Crippen LogP contribution in [-0.4, -0.2) is 27.7 Å². The summed E-state index contributed by atoms with van der Waals surface area (Å²) in [6.45, 7) is 6.05. The van der Waals surface area contributed by atoms with Crippen LogP contribution in [0.1, 0.15) is 43.9 Å². The Bertz CT molecular complexity index is 791. The molecule has 1 aliphatic heterocycles. The zero-order valence-corrected chi connectivity index (χ0v) is 15.5. The van der Waals surface area contributed by atoms with Gasteiger partial charge in [0.2, 0.25) is 0 Å². The molecule has 3 rings (SSSR count). The van der Waals surface area contributed by atoms with E-state index in [0.717, 1.165) is 24.0 Å². The molecule has 1 N–H and O–H groups in total. The van der Waals surface area contributed by atoms with Crippen LogP contribution in [0.5, 0.6) is 0 Å². The van der Waals surface area contributed by atoms with Gasteiger partial charge < -0.3 is 10.2 Å². The topological polar surface area (TPSA) is 62.3 Å². The SMILES string of the molecule is Cc1cncc(NC(=O)C(=O)N2C(C)[C@@H](C)CC[C@@H]2c2ccccc2)c1. The van der Waals surface area contributed by atoms with Crippen molar-refractivity contribution in [2.24, 2.45) is 5.92 Å². The van der Waals surface area contributed by atoms with E-state index in [1.54, 1.807) is 23.4 Å². The molecule has 1 aromatic carbocycles.